The molecule has 0 bridgehead atoms. The first kappa shape index (κ1) is 17.2. The maximum Gasteiger partial charge on any atom is 0.263 e. The average Bonchev–Trinajstić information content (AvgIpc) is 3.41. The second-order valence-corrected chi connectivity index (χ2v) is 7.69. The Labute approximate surface area is 166 Å². The molecule has 1 aromatic carbocycles. The highest BCUT2D eigenvalue weighted by Gasteiger charge is 2.37. The number of benzene rings is 1. The first-order valence-corrected chi connectivity index (χ1v) is 10.5. The number of hydrogen-bond acceptors (Lipinski definition) is 7. The van der Waals surface area contributed by atoms with Crippen LogP contribution in [0.3, 0.4) is 0 Å². The second kappa shape index (κ2) is 6.94. The summed E-state index contributed by atoms with van der Waals surface area (Å²) in [4.78, 5) is 30.6. The molecule has 2 aliphatic heterocycles. The van der Waals surface area contributed by atoms with Crippen molar-refractivity contribution in [3.05, 3.63) is 48.6 Å². The van der Waals surface area contributed by atoms with Gasteiger partial charge in [0, 0.05) is 36.6 Å². The zero-order valence-corrected chi connectivity index (χ0v) is 16.2. The molecule has 7 nitrogen and oxygen atoms in total. The molecule has 28 heavy (non-hydrogen) atoms. The number of carbonyl (C=O) groups is 1. The topological polar surface area (TPSA) is 75.4 Å². The highest BCUT2D eigenvalue weighted by atomic mass is 32.2. The van der Waals surface area contributed by atoms with Crippen molar-refractivity contribution in [3.8, 4) is 11.3 Å². The van der Waals surface area contributed by atoms with E-state index in [-0.39, 0.29) is 11.9 Å². The fourth-order valence-corrected chi connectivity index (χ4v) is 4.31. The molecule has 1 unspecified atom stereocenters. The summed E-state index contributed by atoms with van der Waals surface area (Å²) in [5.41, 5.74) is 2.30. The van der Waals surface area contributed by atoms with E-state index in [4.69, 9.17) is 4.42 Å². The molecule has 0 radical (unpaired) electrons. The van der Waals surface area contributed by atoms with Gasteiger partial charge in [-0.15, -0.1) is 0 Å². The standard InChI is InChI=1S/C20H19N5O2S/c1-28-20-22-9-16-18(23-20)24-7-3-6-15(24)11-25(19(16)26)14-5-2-4-13(8-14)17-10-21-12-27-17/h2,4-5,8-10,12,15H,3,6-7,11H2,1H3. The Morgan fingerprint density at radius 2 is 2.21 bits per heavy atom. The lowest BCUT2D eigenvalue weighted by Crippen LogP contribution is -2.39. The number of carbonyl (C=O) groups excluding carboxylic acids is 1. The third kappa shape index (κ3) is 2.84. The average molecular weight is 393 g/mol. The monoisotopic (exact) mass is 393 g/mol. The van der Waals surface area contributed by atoms with Crippen LogP contribution >= 0.6 is 11.8 Å². The van der Waals surface area contributed by atoms with E-state index in [1.54, 1.807) is 12.4 Å². The Bertz CT molecular complexity index is 1020. The van der Waals surface area contributed by atoms with Gasteiger partial charge in [-0.1, -0.05) is 23.9 Å². The highest BCUT2D eigenvalue weighted by Crippen LogP contribution is 2.35. The lowest BCUT2D eigenvalue weighted by Gasteiger charge is -2.27. The van der Waals surface area contributed by atoms with Crippen LogP contribution in [0.15, 0.2) is 52.6 Å². The molecule has 0 aliphatic carbocycles. The Kier molecular flexibility index (Phi) is 4.27. The van der Waals surface area contributed by atoms with E-state index in [2.05, 4.69) is 19.9 Å². The van der Waals surface area contributed by atoms with Crippen LogP contribution in [0.1, 0.15) is 23.2 Å². The predicted octanol–water partition coefficient (Wildman–Crippen LogP) is 3.48. The van der Waals surface area contributed by atoms with Crippen molar-refractivity contribution in [2.24, 2.45) is 0 Å². The van der Waals surface area contributed by atoms with Gasteiger partial charge in [-0.25, -0.2) is 15.0 Å². The number of aromatic nitrogens is 3. The molecule has 3 aromatic rings. The molecule has 0 saturated carbocycles. The molecule has 0 spiro atoms. The maximum absolute atomic E-state index is 13.4. The van der Waals surface area contributed by atoms with Crippen LogP contribution in [0.5, 0.6) is 0 Å². The summed E-state index contributed by atoms with van der Waals surface area (Å²) in [7, 11) is 0. The van der Waals surface area contributed by atoms with Crippen molar-refractivity contribution >= 4 is 29.2 Å². The summed E-state index contributed by atoms with van der Waals surface area (Å²) in [6.07, 6.45) is 8.85. The van der Waals surface area contributed by atoms with E-state index in [1.807, 2.05) is 35.4 Å². The molecule has 8 heteroatoms. The van der Waals surface area contributed by atoms with Crippen LogP contribution in [0.25, 0.3) is 11.3 Å². The first-order chi connectivity index (χ1) is 13.7. The molecule has 1 fully saturated rings. The van der Waals surface area contributed by atoms with Crippen LogP contribution in [0.2, 0.25) is 0 Å². The smallest absolute Gasteiger partial charge is 0.263 e. The van der Waals surface area contributed by atoms with Gasteiger partial charge in [-0.2, -0.15) is 0 Å². The van der Waals surface area contributed by atoms with E-state index < -0.39 is 0 Å². The van der Waals surface area contributed by atoms with Gasteiger partial charge in [0.05, 0.1) is 6.20 Å². The lowest BCUT2D eigenvalue weighted by atomic mass is 10.1. The number of rotatable bonds is 3. The van der Waals surface area contributed by atoms with Crippen LogP contribution in [-0.4, -0.2) is 46.2 Å². The minimum absolute atomic E-state index is 0.0632. The number of nitrogens with zero attached hydrogens (tertiary/aromatic N) is 5. The molecule has 1 atom stereocenters. The molecule has 5 rings (SSSR count). The van der Waals surface area contributed by atoms with Crippen molar-refractivity contribution in [2.75, 3.05) is 29.1 Å². The number of oxazole rings is 1. The van der Waals surface area contributed by atoms with Gasteiger partial charge in [-0.3, -0.25) is 4.79 Å². The minimum atomic E-state index is -0.0632. The Morgan fingerprint density at radius 1 is 1.29 bits per heavy atom. The van der Waals surface area contributed by atoms with Crippen molar-refractivity contribution in [1.29, 1.82) is 0 Å². The molecule has 1 saturated heterocycles. The van der Waals surface area contributed by atoms with Crippen molar-refractivity contribution in [2.45, 2.75) is 24.0 Å². The fraction of sp³-hybridized carbons (Fsp3) is 0.300. The van der Waals surface area contributed by atoms with E-state index in [0.717, 1.165) is 36.5 Å². The zero-order valence-electron chi connectivity index (χ0n) is 15.4. The highest BCUT2D eigenvalue weighted by molar-refractivity contribution is 7.98. The second-order valence-electron chi connectivity index (χ2n) is 6.92. The summed E-state index contributed by atoms with van der Waals surface area (Å²) < 4.78 is 5.42. The van der Waals surface area contributed by atoms with Gasteiger partial charge in [0.1, 0.15) is 11.4 Å². The molecular formula is C20H19N5O2S. The van der Waals surface area contributed by atoms with E-state index in [9.17, 15) is 4.79 Å². The molecule has 4 heterocycles. The van der Waals surface area contributed by atoms with Crippen molar-refractivity contribution in [1.82, 2.24) is 15.0 Å². The fourth-order valence-electron chi connectivity index (χ4n) is 3.98. The van der Waals surface area contributed by atoms with Crippen LogP contribution in [-0.2, 0) is 0 Å². The summed E-state index contributed by atoms with van der Waals surface area (Å²) >= 11 is 1.49. The largest absolute Gasteiger partial charge is 0.444 e. The van der Waals surface area contributed by atoms with Gasteiger partial charge in [0.2, 0.25) is 0 Å². The Balaban J connectivity index is 1.59. The van der Waals surface area contributed by atoms with Crippen LogP contribution in [0, 0.1) is 0 Å². The van der Waals surface area contributed by atoms with Gasteiger partial charge in [0.25, 0.3) is 5.91 Å². The number of thioether (sulfide) groups is 1. The SMILES string of the molecule is CSc1ncc2c(n1)N1CCCC1CN(c1cccc(-c3cnco3)c1)C2=O. The molecule has 0 N–H and O–H groups in total. The predicted molar refractivity (Wildman–Crippen MR) is 108 cm³/mol. The zero-order chi connectivity index (χ0) is 19.1. The minimum Gasteiger partial charge on any atom is -0.444 e. The third-order valence-electron chi connectivity index (χ3n) is 5.32. The van der Waals surface area contributed by atoms with E-state index in [1.165, 1.54) is 18.2 Å². The normalized spacial score (nSPS) is 18.8. The molecule has 2 aliphatic rings. The van der Waals surface area contributed by atoms with Crippen LogP contribution < -0.4 is 9.80 Å². The summed E-state index contributed by atoms with van der Waals surface area (Å²) in [5, 5.41) is 0.693. The van der Waals surface area contributed by atoms with E-state index in [0.29, 0.717) is 23.0 Å². The quantitative estimate of drug-likeness (QED) is 0.498. The number of anilines is 2. The maximum atomic E-state index is 13.4. The summed E-state index contributed by atoms with van der Waals surface area (Å²) in [6, 6.07) is 8.07. The lowest BCUT2D eigenvalue weighted by molar-refractivity contribution is 0.0988. The molecule has 142 valence electrons. The van der Waals surface area contributed by atoms with Crippen molar-refractivity contribution < 1.29 is 9.21 Å². The Morgan fingerprint density at radius 3 is 3.04 bits per heavy atom. The third-order valence-corrected chi connectivity index (χ3v) is 5.88. The van der Waals surface area contributed by atoms with Gasteiger partial charge in [0.15, 0.2) is 17.3 Å². The van der Waals surface area contributed by atoms with Gasteiger partial charge < -0.3 is 14.2 Å². The van der Waals surface area contributed by atoms with Gasteiger partial charge in [-0.05, 0) is 31.2 Å². The summed E-state index contributed by atoms with van der Waals surface area (Å²) in [6.45, 7) is 1.55. The summed E-state index contributed by atoms with van der Waals surface area (Å²) in [5.74, 6) is 1.38. The number of amides is 1. The number of fused-ring (bicyclic) bond motifs is 3. The van der Waals surface area contributed by atoms with E-state index >= 15 is 0 Å². The van der Waals surface area contributed by atoms with Gasteiger partial charge >= 0.3 is 0 Å². The molecule has 1 amide bonds. The Hall–Kier alpha value is -2.87. The van der Waals surface area contributed by atoms with Crippen molar-refractivity contribution in [3.63, 3.8) is 0 Å². The molecule has 2 aromatic heterocycles. The first-order valence-electron chi connectivity index (χ1n) is 9.23. The van der Waals surface area contributed by atoms with Crippen LogP contribution in [0.4, 0.5) is 11.5 Å². The number of hydrogen-bond donors (Lipinski definition) is 0. The molecular weight excluding hydrogens is 374 g/mol.